The average Bonchev–Trinajstić information content (AvgIpc) is 2.73. The molecule has 1 spiro atoms. The van der Waals surface area contributed by atoms with Gasteiger partial charge in [-0.1, -0.05) is 0 Å². The molecule has 0 saturated heterocycles. The van der Waals surface area contributed by atoms with E-state index in [0.717, 1.165) is 6.42 Å². The van der Waals surface area contributed by atoms with Gasteiger partial charge < -0.3 is 5.32 Å². The molecular weight excluding hydrogens is 138 g/mol. The van der Waals surface area contributed by atoms with Crippen molar-refractivity contribution in [1.82, 2.24) is 5.32 Å². The second kappa shape index (κ2) is 1.99. The fourth-order valence-corrected chi connectivity index (χ4v) is 1.82. The minimum atomic E-state index is 0.289. The van der Waals surface area contributed by atoms with Crippen molar-refractivity contribution >= 4 is 5.91 Å². The lowest BCUT2D eigenvalue weighted by Gasteiger charge is -2.06. The summed E-state index contributed by atoms with van der Waals surface area (Å²) in [5.41, 5.74) is 0.513. The van der Waals surface area contributed by atoms with Crippen LogP contribution in [0.1, 0.15) is 33.1 Å². The van der Waals surface area contributed by atoms with Crippen LogP contribution in [0.3, 0.4) is 0 Å². The van der Waals surface area contributed by atoms with Crippen LogP contribution in [0.15, 0.2) is 0 Å². The Morgan fingerprint density at radius 2 is 2.18 bits per heavy atom. The van der Waals surface area contributed by atoms with Crippen molar-refractivity contribution in [2.45, 2.75) is 39.2 Å². The van der Waals surface area contributed by atoms with E-state index in [0.29, 0.717) is 17.4 Å². The summed E-state index contributed by atoms with van der Waals surface area (Å²) < 4.78 is 0. The van der Waals surface area contributed by atoms with Gasteiger partial charge in [-0.3, -0.25) is 4.79 Å². The molecule has 0 aromatic carbocycles. The maximum absolute atomic E-state index is 11.4. The summed E-state index contributed by atoms with van der Waals surface area (Å²) in [5.74, 6) is 0.669. The van der Waals surface area contributed by atoms with Gasteiger partial charge in [-0.25, -0.2) is 0 Å². The maximum atomic E-state index is 11.4. The van der Waals surface area contributed by atoms with E-state index in [4.69, 9.17) is 0 Å². The molecule has 1 atom stereocenters. The zero-order valence-electron chi connectivity index (χ0n) is 7.18. The molecule has 2 saturated carbocycles. The Bertz CT molecular complexity index is 194. The lowest BCUT2D eigenvalue weighted by atomic mass is 10.2. The van der Waals surface area contributed by atoms with E-state index in [1.165, 1.54) is 12.8 Å². The minimum absolute atomic E-state index is 0.289. The van der Waals surface area contributed by atoms with Gasteiger partial charge in [-0.2, -0.15) is 0 Å². The molecule has 2 rings (SSSR count). The van der Waals surface area contributed by atoms with Gasteiger partial charge in [0.1, 0.15) is 0 Å². The van der Waals surface area contributed by atoms with Gasteiger partial charge >= 0.3 is 0 Å². The van der Waals surface area contributed by atoms with Gasteiger partial charge in [0, 0.05) is 12.0 Å². The first-order valence-corrected chi connectivity index (χ1v) is 4.44. The molecule has 1 unspecified atom stereocenters. The summed E-state index contributed by atoms with van der Waals surface area (Å²) in [4.78, 5) is 11.4. The highest BCUT2D eigenvalue weighted by Crippen LogP contribution is 2.70. The fraction of sp³-hybridized carbons (Fsp3) is 0.889. The van der Waals surface area contributed by atoms with Gasteiger partial charge in [-0.15, -0.1) is 0 Å². The van der Waals surface area contributed by atoms with Crippen LogP contribution >= 0.6 is 0 Å². The van der Waals surface area contributed by atoms with Crippen LogP contribution in [0, 0.1) is 11.3 Å². The van der Waals surface area contributed by atoms with E-state index in [1.54, 1.807) is 0 Å². The normalized spacial score (nSPS) is 30.6. The van der Waals surface area contributed by atoms with Crippen molar-refractivity contribution in [2.75, 3.05) is 0 Å². The van der Waals surface area contributed by atoms with Crippen LogP contribution in [0.25, 0.3) is 0 Å². The molecule has 2 aliphatic carbocycles. The van der Waals surface area contributed by atoms with Crippen molar-refractivity contribution in [3.63, 3.8) is 0 Å². The molecule has 2 heteroatoms. The Morgan fingerprint density at radius 1 is 1.55 bits per heavy atom. The molecule has 0 heterocycles. The summed E-state index contributed by atoms with van der Waals surface area (Å²) in [6, 6.07) is 0.305. The third-order valence-electron chi connectivity index (χ3n) is 2.83. The summed E-state index contributed by atoms with van der Waals surface area (Å²) in [5, 5.41) is 2.96. The second-order valence-corrected chi connectivity index (χ2v) is 4.28. The molecule has 0 aliphatic heterocycles. The summed E-state index contributed by atoms with van der Waals surface area (Å²) >= 11 is 0. The number of hydrogen-bond acceptors (Lipinski definition) is 1. The molecule has 0 aromatic heterocycles. The SMILES string of the molecule is CC(C)NC(=O)C1CC12CC2. The molecule has 62 valence electrons. The monoisotopic (exact) mass is 153 g/mol. The molecule has 2 aliphatic rings. The summed E-state index contributed by atoms with van der Waals surface area (Å²) in [6.07, 6.45) is 3.75. The van der Waals surface area contributed by atoms with Gasteiger partial charge in [-0.05, 0) is 38.5 Å². The van der Waals surface area contributed by atoms with Crippen molar-refractivity contribution in [1.29, 1.82) is 0 Å². The van der Waals surface area contributed by atoms with E-state index in [1.807, 2.05) is 13.8 Å². The Balaban J connectivity index is 1.83. The predicted octanol–water partition coefficient (Wildman–Crippen LogP) is 1.31. The Kier molecular flexibility index (Phi) is 1.29. The van der Waals surface area contributed by atoms with Crippen molar-refractivity contribution in [2.24, 2.45) is 11.3 Å². The number of rotatable bonds is 2. The van der Waals surface area contributed by atoms with E-state index in [9.17, 15) is 4.79 Å². The molecular formula is C9H15NO. The Labute approximate surface area is 67.4 Å². The highest BCUT2D eigenvalue weighted by molar-refractivity contribution is 5.83. The molecule has 2 nitrogen and oxygen atoms in total. The van der Waals surface area contributed by atoms with E-state index < -0.39 is 0 Å². The van der Waals surface area contributed by atoms with Crippen molar-refractivity contribution in [3.8, 4) is 0 Å². The minimum Gasteiger partial charge on any atom is -0.354 e. The summed E-state index contributed by atoms with van der Waals surface area (Å²) in [7, 11) is 0. The highest BCUT2D eigenvalue weighted by atomic mass is 16.2. The number of carbonyl (C=O) groups excluding carboxylic acids is 1. The van der Waals surface area contributed by atoms with Crippen LogP contribution in [-0.2, 0) is 4.79 Å². The summed E-state index contributed by atoms with van der Waals surface area (Å²) in [6.45, 7) is 4.03. The molecule has 0 aromatic rings. The third kappa shape index (κ3) is 1.15. The molecule has 2 fully saturated rings. The van der Waals surface area contributed by atoms with Crippen LogP contribution < -0.4 is 5.32 Å². The third-order valence-corrected chi connectivity index (χ3v) is 2.83. The van der Waals surface area contributed by atoms with Gasteiger partial charge in [0.15, 0.2) is 0 Å². The van der Waals surface area contributed by atoms with Crippen LogP contribution in [-0.4, -0.2) is 11.9 Å². The molecule has 1 N–H and O–H groups in total. The standard InChI is InChI=1S/C9H15NO/c1-6(2)10-8(11)7-5-9(7)3-4-9/h6-7H,3-5H2,1-2H3,(H,10,11). The average molecular weight is 153 g/mol. The van der Waals surface area contributed by atoms with Crippen LogP contribution in [0.4, 0.5) is 0 Å². The van der Waals surface area contributed by atoms with Gasteiger partial charge in [0.05, 0.1) is 0 Å². The molecule has 1 amide bonds. The first kappa shape index (κ1) is 7.14. The van der Waals surface area contributed by atoms with E-state index >= 15 is 0 Å². The van der Waals surface area contributed by atoms with E-state index in [-0.39, 0.29) is 5.91 Å². The van der Waals surface area contributed by atoms with Crippen molar-refractivity contribution in [3.05, 3.63) is 0 Å². The fourth-order valence-electron chi connectivity index (χ4n) is 1.82. The highest BCUT2D eigenvalue weighted by Gasteiger charge is 2.65. The number of hydrogen-bond donors (Lipinski definition) is 1. The van der Waals surface area contributed by atoms with Crippen LogP contribution in [0.2, 0.25) is 0 Å². The first-order valence-electron chi connectivity index (χ1n) is 4.44. The van der Waals surface area contributed by atoms with Gasteiger partial charge in [0.25, 0.3) is 0 Å². The molecule has 11 heavy (non-hydrogen) atoms. The van der Waals surface area contributed by atoms with Gasteiger partial charge in [0.2, 0.25) is 5.91 Å². The number of carbonyl (C=O) groups is 1. The Morgan fingerprint density at radius 3 is 2.55 bits per heavy atom. The first-order chi connectivity index (χ1) is 5.14. The predicted molar refractivity (Wildman–Crippen MR) is 43.1 cm³/mol. The second-order valence-electron chi connectivity index (χ2n) is 4.28. The molecule has 0 radical (unpaired) electrons. The Hall–Kier alpha value is -0.530. The van der Waals surface area contributed by atoms with E-state index in [2.05, 4.69) is 5.32 Å². The number of amides is 1. The van der Waals surface area contributed by atoms with Crippen molar-refractivity contribution < 1.29 is 4.79 Å². The number of nitrogens with one attached hydrogen (secondary N) is 1. The lowest BCUT2D eigenvalue weighted by molar-refractivity contribution is -0.123. The smallest absolute Gasteiger partial charge is 0.223 e. The maximum Gasteiger partial charge on any atom is 0.223 e. The zero-order valence-corrected chi connectivity index (χ0v) is 7.18. The quantitative estimate of drug-likeness (QED) is 0.636. The zero-order chi connectivity index (χ0) is 8.06. The topological polar surface area (TPSA) is 29.1 Å². The largest absolute Gasteiger partial charge is 0.354 e. The lowest BCUT2D eigenvalue weighted by Crippen LogP contribution is -2.31. The van der Waals surface area contributed by atoms with Crippen LogP contribution in [0.5, 0.6) is 0 Å². The molecule has 0 bridgehead atoms.